The molecule has 7 heteroatoms. The normalized spacial score (nSPS) is 18.3. The van der Waals surface area contributed by atoms with Gasteiger partial charge in [-0.05, 0) is 48.3 Å². The first kappa shape index (κ1) is 23.3. The number of esters is 1. The van der Waals surface area contributed by atoms with E-state index in [0.29, 0.717) is 20.7 Å². The van der Waals surface area contributed by atoms with Gasteiger partial charge in [0.2, 0.25) is 0 Å². The molecule has 4 rings (SSSR count). The second-order valence-electron chi connectivity index (χ2n) is 7.92. The minimum absolute atomic E-state index is 0.0302. The van der Waals surface area contributed by atoms with Crippen LogP contribution in [0.2, 0.25) is 0 Å². The lowest BCUT2D eigenvalue weighted by Crippen LogP contribution is -2.39. The number of thiocarbonyl (C=S) groups is 1. The molecule has 1 saturated carbocycles. The molecular weight excluding hydrogens is 454 g/mol. The smallest absolute Gasteiger partial charge is 0.336 e. The Morgan fingerprint density at radius 1 is 1.06 bits per heavy atom. The van der Waals surface area contributed by atoms with Crippen LogP contribution in [0.5, 0.6) is 11.5 Å². The predicted octanol–water partition coefficient (Wildman–Crippen LogP) is 5.85. The Labute approximate surface area is 203 Å². The van der Waals surface area contributed by atoms with Gasteiger partial charge in [0.1, 0.15) is 4.32 Å². The van der Waals surface area contributed by atoms with Crippen molar-refractivity contribution in [1.29, 1.82) is 0 Å². The van der Waals surface area contributed by atoms with Crippen molar-refractivity contribution in [1.82, 2.24) is 4.90 Å². The number of hydrogen-bond donors (Lipinski definition) is 0. The number of rotatable bonds is 6. The lowest BCUT2D eigenvalue weighted by atomic mass is 9.94. The van der Waals surface area contributed by atoms with Gasteiger partial charge >= 0.3 is 5.97 Å². The van der Waals surface area contributed by atoms with Crippen LogP contribution in [-0.4, -0.2) is 34.2 Å². The van der Waals surface area contributed by atoms with Crippen molar-refractivity contribution >= 4 is 52.3 Å². The van der Waals surface area contributed by atoms with Crippen LogP contribution in [0.1, 0.15) is 43.2 Å². The van der Waals surface area contributed by atoms with E-state index in [9.17, 15) is 9.59 Å². The highest BCUT2D eigenvalue weighted by Crippen LogP contribution is 2.38. The molecule has 2 aromatic rings. The molecule has 2 aliphatic rings. The molecule has 1 heterocycles. The molecule has 0 unspecified atom stereocenters. The van der Waals surface area contributed by atoms with Crippen molar-refractivity contribution in [3.05, 3.63) is 70.6 Å². The molecule has 0 radical (unpaired) electrons. The van der Waals surface area contributed by atoms with Crippen LogP contribution in [0.4, 0.5) is 0 Å². The summed E-state index contributed by atoms with van der Waals surface area (Å²) in [6, 6.07) is 14.9. The number of amides is 1. The monoisotopic (exact) mass is 479 g/mol. The quantitative estimate of drug-likeness (QED) is 0.224. The number of nitrogens with zero attached hydrogens (tertiary/aromatic N) is 1. The minimum atomic E-state index is -0.502. The number of carbonyl (C=O) groups is 2. The molecule has 2 aromatic carbocycles. The van der Waals surface area contributed by atoms with Gasteiger partial charge in [-0.15, -0.1) is 0 Å². The Balaban J connectivity index is 1.47. The summed E-state index contributed by atoms with van der Waals surface area (Å²) >= 11 is 6.84. The number of hydrogen-bond acceptors (Lipinski definition) is 6. The van der Waals surface area contributed by atoms with E-state index in [1.54, 1.807) is 29.2 Å². The molecule has 0 spiro atoms. The second kappa shape index (κ2) is 10.8. The zero-order chi connectivity index (χ0) is 23.2. The van der Waals surface area contributed by atoms with Crippen molar-refractivity contribution in [3.8, 4) is 11.5 Å². The Bertz CT molecular complexity index is 1100. The number of benzene rings is 2. The third kappa shape index (κ3) is 5.72. The summed E-state index contributed by atoms with van der Waals surface area (Å²) in [6.45, 7) is 0. The molecule has 33 heavy (non-hydrogen) atoms. The van der Waals surface area contributed by atoms with Gasteiger partial charge < -0.3 is 9.47 Å². The number of thioether (sulfide) groups is 1. The fraction of sp³-hybridized carbons (Fsp3) is 0.269. The molecule has 1 amide bonds. The molecule has 2 fully saturated rings. The Hall–Kier alpha value is -2.90. The van der Waals surface area contributed by atoms with E-state index in [1.807, 2.05) is 36.4 Å². The van der Waals surface area contributed by atoms with Gasteiger partial charge in [0.15, 0.2) is 11.5 Å². The maximum atomic E-state index is 13.0. The fourth-order valence-corrected chi connectivity index (χ4v) is 5.41. The second-order valence-corrected chi connectivity index (χ2v) is 9.59. The van der Waals surface area contributed by atoms with Gasteiger partial charge in [0.05, 0.1) is 12.0 Å². The van der Waals surface area contributed by atoms with E-state index >= 15 is 0 Å². The first-order valence-electron chi connectivity index (χ1n) is 10.9. The highest BCUT2D eigenvalue weighted by Gasteiger charge is 2.37. The largest absolute Gasteiger partial charge is 0.493 e. The van der Waals surface area contributed by atoms with Crippen LogP contribution in [0.25, 0.3) is 12.2 Å². The molecule has 5 nitrogen and oxygen atoms in total. The highest BCUT2D eigenvalue weighted by molar-refractivity contribution is 8.26. The van der Waals surface area contributed by atoms with Crippen LogP contribution >= 0.6 is 24.0 Å². The van der Waals surface area contributed by atoms with E-state index < -0.39 is 5.97 Å². The summed E-state index contributed by atoms with van der Waals surface area (Å²) < 4.78 is 11.5. The molecule has 1 aliphatic heterocycles. The number of methoxy groups -OCH3 is 1. The van der Waals surface area contributed by atoms with Crippen LogP contribution in [0.15, 0.2) is 59.5 Å². The van der Waals surface area contributed by atoms with Crippen molar-refractivity contribution < 1.29 is 19.1 Å². The Morgan fingerprint density at radius 3 is 2.55 bits per heavy atom. The Kier molecular flexibility index (Phi) is 7.62. The SMILES string of the molecule is COc1cc(C=C2SC(=S)N(C3CCCCC3)C2=O)ccc1OC(=O)C=Cc1ccccc1. The van der Waals surface area contributed by atoms with E-state index in [0.717, 1.165) is 36.8 Å². The van der Waals surface area contributed by atoms with E-state index in [1.165, 1.54) is 31.4 Å². The van der Waals surface area contributed by atoms with Crippen molar-refractivity contribution in [2.75, 3.05) is 7.11 Å². The van der Waals surface area contributed by atoms with E-state index in [2.05, 4.69) is 0 Å². The molecule has 0 N–H and O–H groups in total. The Morgan fingerprint density at radius 2 is 1.82 bits per heavy atom. The first-order valence-corrected chi connectivity index (χ1v) is 12.2. The van der Waals surface area contributed by atoms with Crippen LogP contribution < -0.4 is 9.47 Å². The molecule has 1 aliphatic carbocycles. The van der Waals surface area contributed by atoms with E-state index in [-0.39, 0.29) is 11.9 Å². The van der Waals surface area contributed by atoms with Crippen molar-refractivity contribution in [2.45, 2.75) is 38.1 Å². The third-order valence-electron chi connectivity index (χ3n) is 5.67. The van der Waals surface area contributed by atoms with Crippen molar-refractivity contribution in [2.24, 2.45) is 0 Å². The highest BCUT2D eigenvalue weighted by atomic mass is 32.2. The van der Waals surface area contributed by atoms with Gasteiger partial charge in [0, 0.05) is 12.1 Å². The summed E-state index contributed by atoms with van der Waals surface area (Å²) in [5.41, 5.74) is 1.68. The van der Waals surface area contributed by atoms with Gasteiger partial charge in [-0.1, -0.05) is 79.6 Å². The molecule has 0 bridgehead atoms. The maximum Gasteiger partial charge on any atom is 0.336 e. The number of carbonyl (C=O) groups excluding carboxylic acids is 2. The first-order chi connectivity index (χ1) is 16.0. The fourth-order valence-electron chi connectivity index (χ4n) is 4.01. The summed E-state index contributed by atoms with van der Waals surface area (Å²) in [5.74, 6) is 0.191. The topological polar surface area (TPSA) is 55.8 Å². The maximum absolute atomic E-state index is 13.0. The number of ether oxygens (including phenoxy) is 2. The van der Waals surface area contributed by atoms with Gasteiger partial charge in [0.25, 0.3) is 5.91 Å². The zero-order valence-electron chi connectivity index (χ0n) is 18.4. The molecular formula is C26H25NO4S2. The van der Waals surface area contributed by atoms with Gasteiger partial charge in [-0.2, -0.15) is 0 Å². The average molecular weight is 480 g/mol. The summed E-state index contributed by atoms with van der Waals surface area (Å²) in [4.78, 5) is 27.6. The molecule has 0 aromatic heterocycles. The van der Waals surface area contributed by atoms with Crippen LogP contribution in [-0.2, 0) is 9.59 Å². The van der Waals surface area contributed by atoms with Crippen LogP contribution in [0, 0.1) is 0 Å². The lowest BCUT2D eigenvalue weighted by molar-refractivity contribution is -0.129. The predicted molar refractivity (Wildman–Crippen MR) is 136 cm³/mol. The summed E-state index contributed by atoms with van der Waals surface area (Å²) in [5, 5.41) is 0. The average Bonchev–Trinajstić information content (AvgIpc) is 3.12. The van der Waals surface area contributed by atoms with E-state index in [4.69, 9.17) is 21.7 Å². The molecule has 170 valence electrons. The summed E-state index contributed by atoms with van der Waals surface area (Å²) in [6.07, 6.45) is 10.4. The van der Waals surface area contributed by atoms with Crippen LogP contribution in [0.3, 0.4) is 0 Å². The lowest BCUT2D eigenvalue weighted by Gasteiger charge is -2.29. The molecule has 1 saturated heterocycles. The standard InChI is InChI=1S/C26H25NO4S2/c1-30-22-16-19(12-14-21(22)31-24(28)15-13-18-8-4-2-5-9-18)17-23-25(29)27(26(32)33-23)20-10-6-3-7-11-20/h2,4-5,8-9,12-17,20H,3,6-7,10-11H2,1H3. The zero-order valence-corrected chi connectivity index (χ0v) is 20.0. The van der Waals surface area contributed by atoms with Gasteiger partial charge in [-0.25, -0.2) is 4.79 Å². The minimum Gasteiger partial charge on any atom is -0.493 e. The van der Waals surface area contributed by atoms with Crippen molar-refractivity contribution in [3.63, 3.8) is 0 Å². The van der Waals surface area contributed by atoms with Gasteiger partial charge in [-0.3, -0.25) is 9.69 Å². The summed E-state index contributed by atoms with van der Waals surface area (Å²) in [7, 11) is 1.51. The molecule has 0 atom stereocenters. The third-order valence-corrected chi connectivity index (χ3v) is 7.00.